The molecule has 0 unspecified atom stereocenters. The number of aromatic nitrogens is 3. The summed E-state index contributed by atoms with van der Waals surface area (Å²) in [6.45, 7) is 3.33. The van der Waals surface area contributed by atoms with Gasteiger partial charge in [-0.3, -0.25) is 9.78 Å². The predicted molar refractivity (Wildman–Crippen MR) is 108 cm³/mol. The average molecular weight is 411 g/mol. The quantitative estimate of drug-likeness (QED) is 0.444. The van der Waals surface area contributed by atoms with E-state index in [0.29, 0.717) is 34.0 Å². The van der Waals surface area contributed by atoms with Gasteiger partial charge in [-0.15, -0.1) is 5.10 Å². The van der Waals surface area contributed by atoms with Gasteiger partial charge in [0.15, 0.2) is 0 Å². The largest absolute Gasteiger partial charge is 0.456 e. The highest BCUT2D eigenvalue weighted by Gasteiger charge is 2.14. The summed E-state index contributed by atoms with van der Waals surface area (Å²) >= 11 is 6.35. The fourth-order valence-electron chi connectivity index (χ4n) is 2.65. The number of halogens is 1. The lowest BCUT2D eigenvalue weighted by molar-refractivity contribution is 0.479. The van der Waals surface area contributed by atoms with Crippen LogP contribution >= 0.6 is 11.6 Å². The molecule has 0 spiro atoms. The van der Waals surface area contributed by atoms with Crippen molar-refractivity contribution in [3.05, 3.63) is 73.0 Å². The van der Waals surface area contributed by atoms with E-state index in [1.165, 1.54) is 6.07 Å². The molecule has 0 atom stereocenters. The first kappa shape index (κ1) is 19.9. The molecule has 1 aromatic heterocycles. The van der Waals surface area contributed by atoms with Crippen molar-refractivity contribution in [3.63, 3.8) is 0 Å². The van der Waals surface area contributed by atoms with Gasteiger partial charge in [-0.05, 0) is 49.7 Å². The summed E-state index contributed by atoms with van der Waals surface area (Å²) < 4.78 is 6.75. The minimum absolute atomic E-state index is 0.184. The van der Waals surface area contributed by atoms with Gasteiger partial charge in [-0.1, -0.05) is 11.6 Å². The molecule has 0 amide bonds. The summed E-state index contributed by atoms with van der Waals surface area (Å²) in [5, 5.41) is 20.7. The second-order valence-electron chi connectivity index (χ2n) is 6.18. The molecule has 4 N–H and O–H groups in total. The fraction of sp³-hybridized carbons (Fsp3) is 0.105. The van der Waals surface area contributed by atoms with Crippen LogP contribution in [-0.4, -0.2) is 20.5 Å². The van der Waals surface area contributed by atoms with E-state index < -0.39 is 16.9 Å². The van der Waals surface area contributed by atoms with Gasteiger partial charge >= 0.3 is 5.69 Å². The number of H-pyrrole nitrogens is 1. The zero-order valence-corrected chi connectivity index (χ0v) is 16.2. The number of anilines is 1. The average Bonchev–Trinajstić information content (AvgIpc) is 2.65. The van der Waals surface area contributed by atoms with E-state index >= 15 is 0 Å². The Morgan fingerprint density at radius 3 is 2.69 bits per heavy atom. The third-order valence-electron chi connectivity index (χ3n) is 4.04. The number of aromatic amines is 1. The number of hydrogen-bond donors (Lipinski definition) is 3. The lowest BCUT2D eigenvalue weighted by atomic mass is 10.1. The molecule has 3 rings (SSSR count). The van der Waals surface area contributed by atoms with Crippen LogP contribution < -0.4 is 21.7 Å². The Hall–Kier alpha value is -3.90. The van der Waals surface area contributed by atoms with Crippen molar-refractivity contribution in [2.75, 3.05) is 5.73 Å². The van der Waals surface area contributed by atoms with Crippen LogP contribution in [0.4, 0.5) is 5.69 Å². The molecule has 0 aliphatic heterocycles. The topological polar surface area (TPSA) is 151 Å². The van der Waals surface area contributed by atoms with Gasteiger partial charge in [0, 0.05) is 17.0 Å². The number of nitriles is 1. The van der Waals surface area contributed by atoms with Crippen molar-refractivity contribution >= 4 is 23.0 Å². The van der Waals surface area contributed by atoms with E-state index in [9.17, 15) is 9.59 Å². The minimum atomic E-state index is -0.864. The molecule has 9 nitrogen and oxygen atoms in total. The third kappa shape index (κ3) is 3.88. The highest BCUT2D eigenvalue weighted by molar-refractivity contribution is 6.32. The molecular weight excluding hydrogens is 396 g/mol. The molecule has 2 aromatic carbocycles. The molecule has 1 heterocycles. The SMILES string of the molecule is CC(=N)c1cc(Oc2c(C)cc(-n3nc(C#N)c(=O)[nH]c3=O)cc2Cl)ccc1N. The van der Waals surface area contributed by atoms with E-state index in [1.807, 2.05) is 4.98 Å². The summed E-state index contributed by atoms with van der Waals surface area (Å²) in [5.41, 5.74) is 5.88. The molecule has 29 heavy (non-hydrogen) atoms. The van der Waals surface area contributed by atoms with Gasteiger partial charge in [0.1, 0.15) is 17.6 Å². The van der Waals surface area contributed by atoms with Crippen LogP contribution in [0.1, 0.15) is 23.7 Å². The monoisotopic (exact) mass is 410 g/mol. The van der Waals surface area contributed by atoms with Crippen LogP contribution in [0.2, 0.25) is 5.02 Å². The third-order valence-corrected chi connectivity index (χ3v) is 4.32. The van der Waals surface area contributed by atoms with Crippen LogP contribution in [-0.2, 0) is 0 Å². The van der Waals surface area contributed by atoms with E-state index in [-0.39, 0.29) is 10.7 Å². The smallest absolute Gasteiger partial charge is 0.349 e. The lowest BCUT2D eigenvalue weighted by Crippen LogP contribution is -2.33. The Labute approximate surface area is 169 Å². The van der Waals surface area contributed by atoms with Crippen LogP contribution in [0.25, 0.3) is 5.69 Å². The van der Waals surface area contributed by atoms with Gasteiger partial charge < -0.3 is 15.9 Å². The molecule has 0 saturated carbocycles. The first-order chi connectivity index (χ1) is 13.7. The number of hydrogen-bond acceptors (Lipinski definition) is 7. The Morgan fingerprint density at radius 1 is 1.34 bits per heavy atom. The summed E-state index contributed by atoms with van der Waals surface area (Å²) in [7, 11) is 0. The maximum Gasteiger partial charge on any atom is 0.349 e. The van der Waals surface area contributed by atoms with Crippen LogP contribution in [0.15, 0.2) is 39.9 Å². The number of benzene rings is 2. The Bertz CT molecular complexity index is 1280. The molecule has 10 heteroatoms. The summed E-state index contributed by atoms with van der Waals surface area (Å²) in [6.07, 6.45) is 0. The van der Waals surface area contributed by atoms with Crippen molar-refractivity contribution in [2.45, 2.75) is 13.8 Å². The highest BCUT2D eigenvalue weighted by Crippen LogP contribution is 2.35. The number of nitrogen functional groups attached to an aromatic ring is 1. The van der Waals surface area contributed by atoms with Gasteiger partial charge in [-0.25, -0.2) is 4.79 Å². The number of ether oxygens (including phenoxy) is 1. The Balaban J connectivity index is 2.05. The minimum Gasteiger partial charge on any atom is -0.456 e. The zero-order valence-electron chi connectivity index (χ0n) is 15.4. The van der Waals surface area contributed by atoms with Gasteiger partial charge in [0.25, 0.3) is 5.56 Å². The van der Waals surface area contributed by atoms with E-state index in [1.54, 1.807) is 44.2 Å². The van der Waals surface area contributed by atoms with Gasteiger partial charge in [0.2, 0.25) is 5.69 Å². The second kappa shape index (κ2) is 7.61. The maximum atomic E-state index is 12.1. The molecular formula is C19H15ClN6O3. The zero-order chi connectivity index (χ0) is 21.3. The van der Waals surface area contributed by atoms with Gasteiger partial charge in [-0.2, -0.15) is 9.94 Å². The predicted octanol–water partition coefficient (Wildman–Crippen LogP) is 2.52. The van der Waals surface area contributed by atoms with Gasteiger partial charge in [0.05, 0.1) is 10.7 Å². The highest BCUT2D eigenvalue weighted by atomic mass is 35.5. The van der Waals surface area contributed by atoms with Crippen molar-refractivity contribution < 1.29 is 4.74 Å². The van der Waals surface area contributed by atoms with Crippen molar-refractivity contribution in [1.29, 1.82) is 10.7 Å². The van der Waals surface area contributed by atoms with Crippen LogP contribution in [0.5, 0.6) is 11.5 Å². The molecule has 0 radical (unpaired) electrons. The second-order valence-corrected chi connectivity index (χ2v) is 6.59. The van der Waals surface area contributed by atoms with Crippen LogP contribution in [0.3, 0.4) is 0 Å². The normalized spacial score (nSPS) is 10.4. The van der Waals surface area contributed by atoms with Crippen LogP contribution in [0, 0.1) is 23.7 Å². The molecule has 146 valence electrons. The molecule has 0 saturated heterocycles. The number of aryl methyl sites for hydroxylation is 1. The molecule has 0 aliphatic carbocycles. The Kier molecular flexibility index (Phi) is 5.21. The Morgan fingerprint density at radius 2 is 2.07 bits per heavy atom. The van der Waals surface area contributed by atoms with E-state index in [0.717, 1.165) is 4.68 Å². The summed E-state index contributed by atoms with van der Waals surface area (Å²) in [6, 6.07) is 9.55. The fourth-order valence-corrected chi connectivity index (χ4v) is 2.95. The number of nitrogens with two attached hydrogens (primary N) is 1. The number of rotatable bonds is 4. The van der Waals surface area contributed by atoms with Crippen molar-refractivity contribution in [1.82, 2.24) is 14.8 Å². The lowest BCUT2D eigenvalue weighted by Gasteiger charge is -2.14. The number of nitrogens with one attached hydrogen (secondary N) is 2. The molecule has 0 fully saturated rings. The van der Waals surface area contributed by atoms with Crippen molar-refractivity contribution in [3.8, 4) is 23.3 Å². The standard InChI is InChI=1S/C19H15ClN6O3/c1-9-5-11(26-19(28)24-18(27)16(8-21)25-26)6-14(20)17(9)29-12-3-4-15(23)13(7-12)10(2)22/h3-7,22H,23H2,1-2H3,(H,24,27,28). The molecule has 0 bridgehead atoms. The van der Waals surface area contributed by atoms with Crippen molar-refractivity contribution in [2.24, 2.45) is 0 Å². The first-order valence-electron chi connectivity index (χ1n) is 8.28. The van der Waals surface area contributed by atoms with E-state index in [2.05, 4.69) is 5.10 Å². The molecule has 3 aromatic rings. The molecule has 0 aliphatic rings. The summed E-state index contributed by atoms with van der Waals surface area (Å²) in [4.78, 5) is 25.6. The first-order valence-corrected chi connectivity index (χ1v) is 8.66. The summed E-state index contributed by atoms with van der Waals surface area (Å²) in [5.74, 6) is 0.774. The number of nitrogens with zero attached hydrogens (tertiary/aromatic N) is 3. The maximum absolute atomic E-state index is 12.1. The van der Waals surface area contributed by atoms with E-state index in [4.69, 9.17) is 32.7 Å².